The van der Waals surface area contributed by atoms with Crippen molar-refractivity contribution < 1.29 is 17.9 Å². The predicted octanol–water partition coefficient (Wildman–Crippen LogP) is -0.795. The third kappa shape index (κ3) is 1.60. The summed E-state index contributed by atoms with van der Waals surface area (Å²) >= 11 is 0. The van der Waals surface area contributed by atoms with Crippen LogP contribution in [0.1, 0.15) is 20.3 Å². The van der Waals surface area contributed by atoms with Crippen molar-refractivity contribution >= 4 is 15.9 Å². The van der Waals surface area contributed by atoms with Crippen LogP contribution in [0.25, 0.3) is 0 Å². The smallest absolute Gasteiger partial charge is 0.254 e. The fraction of sp³-hybridized carbons (Fsp3) is 0.900. The zero-order valence-corrected chi connectivity index (χ0v) is 11.0. The lowest BCUT2D eigenvalue weighted by molar-refractivity contribution is -0.173. The number of nitrogens with one attached hydrogen (secondary N) is 1. The van der Waals surface area contributed by atoms with Gasteiger partial charge in [0.05, 0.1) is 12.4 Å². The normalized spacial score (nSPS) is 39.3. The third-order valence-corrected chi connectivity index (χ3v) is 4.66. The zero-order valence-electron chi connectivity index (χ0n) is 10.2. The molecule has 7 heteroatoms. The molecule has 3 N–H and O–H groups in total. The maximum Gasteiger partial charge on any atom is 0.254 e. The molecule has 0 bridgehead atoms. The summed E-state index contributed by atoms with van der Waals surface area (Å²) in [6.45, 7) is 4.24. The molecule has 0 aromatic rings. The first-order valence-electron chi connectivity index (χ1n) is 5.53. The Morgan fingerprint density at radius 3 is 2.59 bits per heavy atom. The van der Waals surface area contributed by atoms with Gasteiger partial charge < -0.3 is 10.5 Å². The van der Waals surface area contributed by atoms with Crippen LogP contribution in [0, 0.1) is 11.3 Å². The molecule has 1 amide bonds. The van der Waals surface area contributed by atoms with Gasteiger partial charge in [0.25, 0.3) is 5.91 Å². The van der Waals surface area contributed by atoms with Gasteiger partial charge in [0.1, 0.15) is 5.54 Å². The molecule has 0 radical (unpaired) electrons. The molecule has 1 saturated heterocycles. The summed E-state index contributed by atoms with van der Waals surface area (Å²) < 4.78 is 29.7. The average molecular weight is 262 g/mol. The van der Waals surface area contributed by atoms with Gasteiger partial charge in [-0.05, 0) is 6.42 Å². The Morgan fingerprint density at radius 2 is 2.06 bits per heavy atom. The molecule has 17 heavy (non-hydrogen) atoms. The quantitative estimate of drug-likeness (QED) is 0.679. The van der Waals surface area contributed by atoms with E-state index >= 15 is 0 Å². The Labute approximate surface area is 101 Å². The highest BCUT2D eigenvalue weighted by Crippen LogP contribution is 2.58. The molecule has 6 nitrogen and oxygen atoms in total. The van der Waals surface area contributed by atoms with Gasteiger partial charge >= 0.3 is 0 Å². The predicted molar refractivity (Wildman–Crippen MR) is 61.5 cm³/mol. The first-order valence-corrected chi connectivity index (χ1v) is 7.42. The fourth-order valence-corrected chi connectivity index (χ4v) is 3.60. The fourth-order valence-electron chi connectivity index (χ4n) is 3.10. The van der Waals surface area contributed by atoms with E-state index in [1.165, 1.54) is 0 Å². The molecule has 98 valence electrons. The standard InChI is InChI=1S/C10H18N2O4S/c1-9(2)7-6(4-5-16-7)10(9,11)8(13)12-17(3,14)15/h6-7H,4-5,11H2,1-3H3,(H,12,13). The topological polar surface area (TPSA) is 98.5 Å². The highest BCUT2D eigenvalue weighted by atomic mass is 32.2. The van der Waals surface area contributed by atoms with E-state index < -0.39 is 26.9 Å². The minimum absolute atomic E-state index is 0.0576. The average Bonchev–Trinajstić information content (AvgIpc) is 2.60. The van der Waals surface area contributed by atoms with Crippen LogP contribution >= 0.6 is 0 Å². The van der Waals surface area contributed by atoms with Gasteiger partial charge in [-0.2, -0.15) is 0 Å². The van der Waals surface area contributed by atoms with Crippen molar-refractivity contribution in [1.29, 1.82) is 0 Å². The van der Waals surface area contributed by atoms with E-state index in [0.717, 1.165) is 6.26 Å². The van der Waals surface area contributed by atoms with Crippen LogP contribution in [0.4, 0.5) is 0 Å². The lowest BCUT2D eigenvalue weighted by Gasteiger charge is -2.60. The van der Waals surface area contributed by atoms with E-state index in [0.29, 0.717) is 13.0 Å². The third-order valence-electron chi connectivity index (χ3n) is 4.11. The Kier molecular flexibility index (Phi) is 2.58. The lowest BCUT2D eigenvalue weighted by atomic mass is 9.48. The van der Waals surface area contributed by atoms with Crippen LogP contribution in [-0.2, 0) is 19.6 Å². The maximum absolute atomic E-state index is 12.1. The molecule has 1 aliphatic heterocycles. The molecular weight excluding hydrogens is 244 g/mol. The number of carbonyl (C=O) groups excluding carboxylic acids is 1. The molecule has 1 saturated carbocycles. The lowest BCUT2D eigenvalue weighted by Crippen LogP contribution is -2.80. The van der Waals surface area contributed by atoms with E-state index in [1.807, 2.05) is 18.6 Å². The number of sulfonamides is 1. The Balaban J connectivity index is 2.27. The van der Waals surface area contributed by atoms with Gasteiger partial charge in [-0.25, -0.2) is 8.42 Å². The van der Waals surface area contributed by atoms with Gasteiger partial charge in [-0.15, -0.1) is 0 Å². The summed E-state index contributed by atoms with van der Waals surface area (Å²) in [7, 11) is -3.58. The Hall–Kier alpha value is -0.660. The van der Waals surface area contributed by atoms with E-state index in [9.17, 15) is 13.2 Å². The summed E-state index contributed by atoms with van der Waals surface area (Å²) in [5.41, 5.74) is 4.44. The summed E-state index contributed by atoms with van der Waals surface area (Å²) in [5, 5.41) is 0. The summed E-state index contributed by atoms with van der Waals surface area (Å²) in [6.07, 6.45) is 1.59. The van der Waals surface area contributed by atoms with Crippen LogP contribution in [-0.4, -0.2) is 38.8 Å². The van der Waals surface area contributed by atoms with Crippen molar-refractivity contribution in [2.75, 3.05) is 12.9 Å². The monoisotopic (exact) mass is 262 g/mol. The van der Waals surface area contributed by atoms with Crippen LogP contribution in [0.5, 0.6) is 0 Å². The summed E-state index contributed by atoms with van der Waals surface area (Å²) in [6, 6.07) is 0. The minimum atomic E-state index is -3.58. The van der Waals surface area contributed by atoms with Gasteiger partial charge in [-0.1, -0.05) is 13.8 Å². The highest BCUT2D eigenvalue weighted by Gasteiger charge is 2.71. The van der Waals surface area contributed by atoms with Gasteiger partial charge in [0.2, 0.25) is 10.0 Å². The summed E-state index contributed by atoms with van der Waals surface area (Å²) in [5.74, 6) is -0.726. The van der Waals surface area contributed by atoms with E-state index in [1.54, 1.807) is 0 Å². The zero-order chi connectivity index (χ0) is 13.1. The molecule has 3 atom stereocenters. The maximum atomic E-state index is 12.1. The number of carbonyl (C=O) groups is 1. The second-order valence-electron chi connectivity index (χ2n) is 5.48. The van der Waals surface area contributed by atoms with Gasteiger partial charge in [-0.3, -0.25) is 9.52 Å². The molecule has 0 aromatic heterocycles. The van der Waals surface area contributed by atoms with Crippen LogP contribution in [0.15, 0.2) is 0 Å². The molecule has 3 unspecified atom stereocenters. The van der Waals surface area contributed by atoms with Crippen molar-refractivity contribution in [2.45, 2.75) is 31.9 Å². The van der Waals surface area contributed by atoms with Crippen LogP contribution in [0.2, 0.25) is 0 Å². The SMILES string of the molecule is CC1(C)C2OCCC2C1(N)C(=O)NS(C)(=O)=O. The number of amides is 1. The van der Waals surface area contributed by atoms with Crippen molar-refractivity contribution in [3.8, 4) is 0 Å². The molecule has 1 aliphatic carbocycles. The molecule has 2 rings (SSSR count). The molecule has 2 fully saturated rings. The van der Waals surface area contributed by atoms with Crippen molar-refractivity contribution in [1.82, 2.24) is 4.72 Å². The minimum Gasteiger partial charge on any atom is -0.377 e. The largest absolute Gasteiger partial charge is 0.377 e. The molecule has 2 aliphatic rings. The second-order valence-corrected chi connectivity index (χ2v) is 7.23. The Bertz CT molecular complexity index is 459. The second kappa shape index (κ2) is 3.43. The first kappa shape index (κ1) is 12.8. The molecular formula is C10H18N2O4S. The van der Waals surface area contributed by atoms with Crippen molar-refractivity contribution in [3.05, 3.63) is 0 Å². The van der Waals surface area contributed by atoms with Crippen molar-refractivity contribution in [3.63, 3.8) is 0 Å². The Morgan fingerprint density at radius 1 is 1.47 bits per heavy atom. The molecule has 1 heterocycles. The number of ether oxygens (including phenoxy) is 1. The number of hydrogen-bond donors (Lipinski definition) is 2. The van der Waals surface area contributed by atoms with Crippen molar-refractivity contribution in [2.24, 2.45) is 17.1 Å². The number of nitrogens with two attached hydrogens (primary N) is 1. The van der Waals surface area contributed by atoms with Gasteiger partial charge in [0, 0.05) is 17.9 Å². The first-order chi connectivity index (χ1) is 7.61. The van der Waals surface area contributed by atoms with E-state index in [2.05, 4.69) is 0 Å². The van der Waals surface area contributed by atoms with Crippen LogP contribution < -0.4 is 10.5 Å². The van der Waals surface area contributed by atoms with E-state index in [-0.39, 0.29) is 12.0 Å². The van der Waals surface area contributed by atoms with Crippen LogP contribution in [0.3, 0.4) is 0 Å². The number of fused-ring (bicyclic) bond motifs is 1. The molecule has 0 aromatic carbocycles. The van der Waals surface area contributed by atoms with Gasteiger partial charge in [0.15, 0.2) is 0 Å². The van der Waals surface area contributed by atoms with E-state index in [4.69, 9.17) is 10.5 Å². The number of rotatable bonds is 2. The number of hydrogen-bond acceptors (Lipinski definition) is 5. The molecule has 0 spiro atoms. The highest BCUT2D eigenvalue weighted by molar-refractivity contribution is 7.89. The summed E-state index contributed by atoms with van der Waals surface area (Å²) in [4.78, 5) is 12.1.